The predicted octanol–water partition coefficient (Wildman–Crippen LogP) is 1.48. The summed E-state index contributed by atoms with van der Waals surface area (Å²) in [6, 6.07) is 5.07. The van der Waals surface area contributed by atoms with Crippen molar-refractivity contribution < 1.29 is 17.9 Å². The van der Waals surface area contributed by atoms with Gasteiger partial charge in [0.25, 0.3) is 10.0 Å². The smallest absolute Gasteiger partial charge is 0.328 e. The van der Waals surface area contributed by atoms with E-state index < -0.39 is 16.1 Å². The molecule has 6 nitrogen and oxygen atoms in total. The number of nitrogens with one attached hydrogen (secondary N) is 2. The first-order chi connectivity index (χ1) is 8.99. The molecule has 0 unspecified atom stereocenters. The van der Waals surface area contributed by atoms with Crippen LogP contribution in [0.15, 0.2) is 29.2 Å². The molecule has 19 heavy (non-hydrogen) atoms. The number of benzene rings is 1. The minimum absolute atomic E-state index is 0.0129. The Morgan fingerprint density at radius 2 is 1.89 bits per heavy atom. The normalized spacial score (nSPS) is 10.8. The monoisotopic (exact) mass is 286 g/mol. The Labute approximate surface area is 113 Å². The number of urea groups is 1. The number of carbonyl (C=O) groups is 1. The Bertz CT molecular complexity index is 511. The van der Waals surface area contributed by atoms with Gasteiger partial charge >= 0.3 is 6.03 Å². The summed E-state index contributed by atoms with van der Waals surface area (Å²) in [5, 5.41) is 2.48. The van der Waals surface area contributed by atoms with Crippen LogP contribution in [0.25, 0.3) is 0 Å². The van der Waals surface area contributed by atoms with Crippen LogP contribution in [0.1, 0.15) is 19.8 Å². The zero-order chi connectivity index (χ0) is 14.3. The van der Waals surface area contributed by atoms with Gasteiger partial charge < -0.3 is 10.1 Å². The first-order valence-corrected chi connectivity index (χ1v) is 7.42. The van der Waals surface area contributed by atoms with Gasteiger partial charge in [0.15, 0.2) is 0 Å². The Balaban J connectivity index is 2.66. The molecule has 0 aliphatic carbocycles. The number of carbonyl (C=O) groups excluding carboxylic acids is 1. The molecule has 0 saturated carbocycles. The predicted molar refractivity (Wildman–Crippen MR) is 71.6 cm³/mol. The van der Waals surface area contributed by atoms with E-state index in [0.29, 0.717) is 12.3 Å². The number of amides is 2. The quantitative estimate of drug-likeness (QED) is 0.776. The third-order valence-corrected chi connectivity index (χ3v) is 3.76. The molecule has 0 saturated heterocycles. The second-order valence-electron chi connectivity index (χ2n) is 3.89. The standard InChI is InChI=1S/C12H18N2O4S/c1-3-4-9-13-12(15)14-19(16,17)11-7-5-10(18-2)6-8-11/h5-8H,3-4,9H2,1-2H3,(H2,13,14,15). The number of hydrogen-bond donors (Lipinski definition) is 2. The van der Waals surface area contributed by atoms with Gasteiger partial charge in [-0.25, -0.2) is 17.9 Å². The highest BCUT2D eigenvalue weighted by Gasteiger charge is 2.16. The molecule has 106 valence electrons. The van der Waals surface area contributed by atoms with Crippen LogP contribution >= 0.6 is 0 Å². The van der Waals surface area contributed by atoms with Crippen molar-refractivity contribution in [3.8, 4) is 5.75 Å². The highest BCUT2D eigenvalue weighted by Crippen LogP contribution is 2.15. The van der Waals surface area contributed by atoms with Crippen LogP contribution in [-0.2, 0) is 10.0 Å². The minimum Gasteiger partial charge on any atom is -0.497 e. The van der Waals surface area contributed by atoms with Crippen LogP contribution in [0.5, 0.6) is 5.75 Å². The lowest BCUT2D eigenvalue weighted by molar-refractivity contribution is 0.245. The molecule has 7 heteroatoms. The van der Waals surface area contributed by atoms with Crippen molar-refractivity contribution in [1.29, 1.82) is 0 Å². The molecular formula is C12H18N2O4S. The van der Waals surface area contributed by atoms with E-state index in [2.05, 4.69) is 5.32 Å². The maximum Gasteiger partial charge on any atom is 0.328 e. The number of sulfonamides is 1. The van der Waals surface area contributed by atoms with Gasteiger partial charge in [0.1, 0.15) is 5.75 Å². The van der Waals surface area contributed by atoms with Crippen molar-refractivity contribution >= 4 is 16.1 Å². The van der Waals surface area contributed by atoms with E-state index in [1.54, 1.807) is 0 Å². The lowest BCUT2D eigenvalue weighted by atomic mass is 10.3. The maximum absolute atomic E-state index is 11.9. The molecule has 2 N–H and O–H groups in total. The molecule has 1 aromatic carbocycles. The molecule has 0 aliphatic heterocycles. The van der Waals surface area contributed by atoms with Crippen LogP contribution in [0, 0.1) is 0 Å². The summed E-state index contributed by atoms with van der Waals surface area (Å²) in [6.07, 6.45) is 1.72. The fourth-order valence-corrected chi connectivity index (χ4v) is 2.28. The molecule has 0 aromatic heterocycles. The van der Waals surface area contributed by atoms with Crippen molar-refractivity contribution in [2.24, 2.45) is 0 Å². The number of unbranched alkanes of at least 4 members (excludes halogenated alkanes) is 1. The zero-order valence-corrected chi connectivity index (χ0v) is 11.8. The Kier molecular flexibility index (Phi) is 5.62. The molecule has 2 amide bonds. The van der Waals surface area contributed by atoms with E-state index in [1.165, 1.54) is 31.4 Å². The van der Waals surface area contributed by atoms with Crippen molar-refractivity contribution in [3.63, 3.8) is 0 Å². The second kappa shape index (κ2) is 6.98. The van der Waals surface area contributed by atoms with E-state index in [4.69, 9.17) is 4.74 Å². The summed E-state index contributed by atoms with van der Waals surface area (Å²) in [5.74, 6) is 0.548. The molecule has 0 atom stereocenters. The van der Waals surface area contributed by atoms with Gasteiger partial charge in [-0.2, -0.15) is 0 Å². The SMILES string of the molecule is CCCCNC(=O)NS(=O)(=O)c1ccc(OC)cc1. The van der Waals surface area contributed by atoms with E-state index >= 15 is 0 Å². The Hall–Kier alpha value is -1.76. The summed E-state index contributed by atoms with van der Waals surface area (Å²) in [7, 11) is -2.35. The lowest BCUT2D eigenvalue weighted by Crippen LogP contribution is -2.39. The summed E-state index contributed by atoms with van der Waals surface area (Å²) in [4.78, 5) is 11.4. The fraction of sp³-hybridized carbons (Fsp3) is 0.417. The zero-order valence-electron chi connectivity index (χ0n) is 11.0. The third-order valence-electron chi connectivity index (χ3n) is 2.41. The van der Waals surface area contributed by atoms with Gasteiger partial charge in [-0.05, 0) is 30.7 Å². The Morgan fingerprint density at radius 1 is 1.26 bits per heavy atom. The van der Waals surface area contributed by atoms with Crippen LogP contribution in [0.4, 0.5) is 4.79 Å². The largest absolute Gasteiger partial charge is 0.497 e. The van der Waals surface area contributed by atoms with Crippen molar-refractivity contribution in [2.45, 2.75) is 24.7 Å². The fourth-order valence-electron chi connectivity index (χ4n) is 1.35. The maximum atomic E-state index is 11.9. The second-order valence-corrected chi connectivity index (χ2v) is 5.57. The first-order valence-electron chi connectivity index (χ1n) is 5.94. The lowest BCUT2D eigenvalue weighted by Gasteiger charge is -2.08. The van der Waals surface area contributed by atoms with Crippen molar-refractivity contribution in [3.05, 3.63) is 24.3 Å². The van der Waals surface area contributed by atoms with E-state index in [9.17, 15) is 13.2 Å². The Morgan fingerprint density at radius 3 is 2.42 bits per heavy atom. The molecule has 0 fully saturated rings. The number of hydrogen-bond acceptors (Lipinski definition) is 4. The average Bonchev–Trinajstić information content (AvgIpc) is 2.38. The number of ether oxygens (including phenoxy) is 1. The molecule has 0 aliphatic rings. The molecule has 1 rings (SSSR count). The molecular weight excluding hydrogens is 268 g/mol. The van der Waals surface area contributed by atoms with E-state index in [-0.39, 0.29) is 4.90 Å². The van der Waals surface area contributed by atoms with Crippen LogP contribution in [-0.4, -0.2) is 28.1 Å². The van der Waals surface area contributed by atoms with E-state index in [0.717, 1.165) is 12.8 Å². The number of rotatable bonds is 6. The third kappa shape index (κ3) is 4.78. The average molecular weight is 286 g/mol. The summed E-state index contributed by atoms with van der Waals surface area (Å²) >= 11 is 0. The van der Waals surface area contributed by atoms with Crippen molar-refractivity contribution in [1.82, 2.24) is 10.0 Å². The molecule has 0 spiro atoms. The van der Waals surface area contributed by atoms with Gasteiger partial charge in [0.05, 0.1) is 12.0 Å². The topological polar surface area (TPSA) is 84.5 Å². The van der Waals surface area contributed by atoms with Gasteiger partial charge in [0.2, 0.25) is 0 Å². The first kappa shape index (κ1) is 15.3. The van der Waals surface area contributed by atoms with Gasteiger partial charge in [-0.1, -0.05) is 13.3 Å². The van der Waals surface area contributed by atoms with E-state index in [1.807, 2.05) is 11.6 Å². The minimum atomic E-state index is -3.84. The van der Waals surface area contributed by atoms with Gasteiger partial charge in [-0.15, -0.1) is 0 Å². The van der Waals surface area contributed by atoms with Crippen LogP contribution in [0.2, 0.25) is 0 Å². The molecule has 0 radical (unpaired) electrons. The van der Waals surface area contributed by atoms with Gasteiger partial charge in [0, 0.05) is 6.54 Å². The van der Waals surface area contributed by atoms with Crippen LogP contribution < -0.4 is 14.8 Å². The highest BCUT2D eigenvalue weighted by atomic mass is 32.2. The summed E-state index contributed by atoms with van der Waals surface area (Å²) < 4.78 is 30.6. The number of methoxy groups -OCH3 is 1. The highest BCUT2D eigenvalue weighted by molar-refractivity contribution is 7.90. The molecule has 1 aromatic rings. The summed E-state index contributed by atoms with van der Waals surface area (Å²) in [5.41, 5.74) is 0. The summed E-state index contributed by atoms with van der Waals surface area (Å²) in [6.45, 7) is 2.42. The van der Waals surface area contributed by atoms with Crippen LogP contribution in [0.3, 0.4) is 0 Å². The van der Waals surface area contributed by atoms with Crippen molar-refractivity contribution in [2.75, 3.05) is 13.7 Å². The van der Waals surface area contributed by atoms with Gasteiger partial charge in [-0.3, -0.25) is 0 Å². The molecule has 0 heterocycles. The molecule has 0 bridgehead atoms.